The molecule has 1 aromatic rings. The lowest BCUT2D eigenvalue weighted by Crippen LogP contribution is -2.43. The predicted molar refractivity (Wildman–Crippen MR) is 75.3 cm³/mol. The van der Waals surface area contributed by atoms with E-state index in [0.29, 0.717) is 11.6 Å². The van der Waals surface area contributed by atoms with Gasteiger partial charge in [-0.25, -0.2) is 0 Å². The van der Waals surface area contributed by atoms with Crippen LogP contribution in [0.25, 0.3) is 0 Å². The van der Waals surface area contributed by atoms with Gasteiger partial charge in [0.25, 0.3) is 0 Å². The maximum atomic E-state index is 6.33. The molecule has 2 aliphatic heterocycles. The SMILES string of the molecule is Cc1c(N2CCNCC2)cc(Cl)c2c1NCCO2. The number of hydrogen-bond acceptors (Lipinski definition) is 4. The first-order valence-electron chi connectivity index (χ1n) is 6.43. The van der Waals surface area contributed by atoms with Gasteiger partial charge in [0.2, 0.25) is 0 Å². The van der Waals surface area contributed by atoms with E-state index in [2.05, 4.69) is 22.5 Å². The Morgan fingerprint density at radius 3 is 2.83 bits per heavy atom. The van der Waals surface area contributed by atoms with Crippen molar-refractivity contribution in [1.29, 1.82) is 0 Å². The number of piperazine rings is 1. The molecule has 3 rings (SSSR count). The van der Waals surface area contributed by atoms with E-state index >= 15 is 0 Å². The van der Waals surface area contributed by atoms with Gasteiger partial charge in [-0.2, -0.15) is 0 Å². The molecule has 2 aliphatic rings. The van der Waals surface area contributed by atoms with Gasteiger partial charge in [0, 0.05) is 38.4 Å². The highest BCUT2D eigenvalue weighted by Crippen LogP contribution is 2.42. The van der Waals surface area contributed by atoms with Crippen molar-refractivity contribution in [2.45, 2.75) is 6.92 Å². The second-order valence-electron chi connectivity index (χ2n) is 4.72. The Labute approximate surface area is 112 Å². The summed E-state index contributed by atoms with van der Waals surface area (Å²) in [5.41, 5.74) is 3.51. The zero-order chi connectivity index (χ0) is 12.5. The fourth-order valence-electron chi connectivity index (χ4n) is 2.63. The molecule has 0 radical (unpaired) electrons. The average Bonchev–Trinajstić information content (AvgIpc) is 2.44. The molecule has 1 fully saturated rings. The maximum Gasteiger partial charge on any atom is 0.161 e. The van der Waals surface area contributed by atoms with Crippen LogP contribution in [-0.4, -0.2) is 39.3 Å². The van der Waals surface area contributed by atoms with Gasteiger partial charge in [0.15, 0.2) is 5.75 Å². The summed E-state index contributed by atoms with van der Waals surface area (Å²) >= 11 is 6.33. The standard InChI is InChI=1S/C13H18ClN3O/c1-9-11(17-5-2-15-3-6-17)8-10(14)13-12(9)16-4-7-18-13/h8,15-16H,2-7H2,1H3. The van der Waals surface area contributed by atoms with E-state index in [0.717, 1.165) is 44.2 Å². The Hall–Kier alpha value is -1.13. The van der Waals surface area contributed by atoms with Crippen molar-refractivity contribution in [2.75, 3.05) is 49.5 Å². The number of benzene rings is 1. The average molecular weight is 268 g/mol. The molecule has 5 heteroatoms. The van der Waals surface area contributed by atoms with Crippen LogP contribution in [0.1, 0.15) is 5.56 Å². The summed E-state index contributed by atoms with van der Waals surface area (Å²) < 4.78 is 5.65. The summed E-state index contributed by atoms with van der Waals surface area (Å²) in [6.07, 6.45) is 0. The van der Waals surface area contributed by atoms with E-state index in [4.69, 9.17) is 16.3 Å². The molecule has 0 amide bonds. The Bertz CT molecular complexity index is 458. The van der Waals surface area contributed by atoms with Crippen LogP contribution in [-0.2, 0) is 0 Å². The molecule has 2 N–H and O–H groups in total. The van der Waals surface area contributed by atoms with Crippen molar-refractivity contribution >= 4 is 23.0 Å². The summed E-state index contributed by atoms with van der Waals surface area (Å²) in [4.78, 5) is 2.38. The van der Waals surface area contributed by atoms with Crippen LogP contribution in [0.3, 0.4) is 0 Å². The summed E-state index contributed by atoms with van der Waals surface area (Å²) in [5, 5.41) is 7.47. The fraction of sp³-hybridized carbons (Fsp3) is 0.538. The molecule has 1 saturated heterocycles. The molecule has 0 bridgehead atoms. The Morgan fingerprint density at radius 2 is 2.06 bits per heavy atom. The van der Waals surface area contributed by atoms with Crippen LogP contribution in [0, 0.1) is 6.92 Å². The lowest BCUT2D eigenvalue weighted by molar-refractivity contribution is 0.323. The number of anilines is 2. The van der Waals surface area contributed by atoms with Gasteiger partial charge in [0.1, 0.15) is 6.61 Å². The van der Waals surface area contributed by atoms with E-state index in [1.54, 1.807) is 0 Å². The number of hydrogen-bond donors (Lipinski definition) is 2. The third-order valence-electron chi connectivity index (χ3n) is 3.57. The predicted octanol–water partition coefficient (Wildman–Crippen LogP) is 1.86. The number of nitrogens with one attached hydrogen (secondary N) is 2. The van der Waals surface area contributed by atoms with E-state index in [1.165, 1.54) is 11.3 Å². The van der Waals surface area contributed by atoms with E-state index in [1.807, 2.05) is 6.07 Å². The van der Waals surface area contributed by atoms with Crippen LogP contribution in [0.15, 0.2) is 6.07 Å². The van der Waals surface area contributed by atoms with Gasteiger partial charge in [-0.1, -0.05) is 11.6 Å². The van der Waals surface area contributed by atoms with Crippen LogP contribution in [0.4, 0.5) is 11.4 Å². The minimum Gasteiger partial charge on any atom is -0.488 e. The number of halogens is 1. The lowest BCUT2D eigenvalue weighted by Gasteiger charge is -2.33. The Kier molecular flexibility index (Phi) is 3.22. The molecule has 0 unspecified atom stereocenters. The molecule has 0 atom stereocenters. The molecule has 0 saturated carbocycles. The maximum absolute atomic E-state index is 6.33. The Balaban J connectivity index is 2.01. The molecular weight excluding hydrogens is 250 g/mol. The third kappa shape index (κ3) is 1.99. The second kappa shape index (κ2) is 4.86. The van der Waals surface area contributed by atoms with E-state index in [9.17, 15) is 0 Å². The molecule has 0 aromatic heterocycles. The largest absolute Gasteiger partial charge is 0.488 e. The normalized spacial score (nSPS) is 18.9. The van der Waals surface area contributed by atoms with Crippen molar-refractivity contribution in [3.8, 4) is 5.75 Å². The third-order valence-corrected chi connectivity index (χ3v) is 3.86. The fourth-order valence-corrected chi connectivity index (χ4v) is 2.88. The van der Waals surface area contributed by atoms with Gasteiger partial charge < -0.3 is 20.3 Å². The monoisotopic (exact) mass is 267 g/mol. The summed E-state index contributed by atoms with van der Waals surface area (Å²) in [6, 6.07) is 2.04. The Morgan fingerprint density at radius 1 is 1.28 bits per heavy atom. The van der Waals surface area contributed by atoms with Crippen molar-refractivity contribution in [3.05, 3.63) is 16.7 Å². The van der Waals surface area contributed by atoms with Crippen LogP contribution < -0.4 is 20.3 Å². The molecule has 0 aliphatic carbocycles. The van der Waals surface area contributed by atoms with Crippen molar-refractivity contribution in [1.82, 2.24) is 5.32 Å². The quantitative estimate of drug-likeness (QED) is 0.814. The first-order valence-corrected chi connectivity index (χ1v) is 6.80. The molecule has 2 heterocycles. The topological polar surface area (TPSA) is 36.5 Å². The highest BCUT2D eigenvalue weighted by molar-refractivity contribution is 6.33. The number of fused-ring (bicyclic) bond motifs is 1. The van der Waals surface area contributed by atoms with Gasteiger partial charge in [-0.05, 0) is 18.6 Å². The molecule has 1 aromatic carbocycles. The van der Waals surface area contributed by atoms with Crippen LogP contribution in [0.5, 0.6) is 5.75 Å². The lowest BCUT2D eigenvalue weighted by atomic mass is 10.1. The molecular formula is C13H18ClN3O. The number of nitrogens with zero attached hydrogens (tertiary/aromatic N) is 1. The number of ether oxygens (including phenoxy) is 1. The minimum atomic E-state index is 0.680. The highest BCUT2D eigenvalue weighted by Gasteiger charge is 2.22. The van der Waals surface area contributed by atoms with Crippen molar-refractivity contribution < 1.29 is 4.74 Å². The first-order chi connectivity index (χ1) is 8.77. The van der Waals surface area contributed by atoms with Crippen molar-refractivity contribution in [2.24, 2.45) is 0 Å². The van der Waals surface area contributed by atoms with E-state index < -0.39 is 0 Å². The van der Waals surface area contributed by atoms with Gasteiger partial charge in [-0.3, -0.25) is 0 Å². The zero-order valence-electron chi connectivity index (χ0n) is 10.6. The zero-order valence-corrected chi connectivity index (χ0v) is 11.3. The summed E-state index contributed by atoms with van der Waals surface area (Å²) in [6.45, 7) is 7.76. The van der Waals surface area contributed by atoms with Crippen LogP contribution in [0.2, 0.25) is 5.02 Å². The molecule has 98 valence electrons. The highest BCUT2D eigenvalue weighted by atomic mass is 35.5. The number of rotatable bonds is 1. The van der Waals surface area contributed by atoms with Crippen LogP contribution >= 0.6 is 11.6 Å². The molecule has 18 heavy (non-hydrogen) atoms. The van der Waals surface area contributed by atoms with Crippen molar-refractivity contribution in [3.63, 3.8) is 0 Å². The molecule has 0 spiro atoms. The van der Waals surface area contributed by atoms with E-state index in [-0.39, 0.29) is 0 Å². The molecule has 4 nitrogen and oxygen atoms in total. The summed E-state index contributed by atoms with van der Waals surface area (Å²) in [7, 11) is 0. The van der Waals surface area contributed by atoms with Gasteiger partial charge >= 0.3 is 0 Å². The first kappa shape index (κ1) is 11.9. The summed E-state index contributed by atoms with van der Waals surface area (Å²) in [5.74, 6) is 0.805. The van der Waals surface area contributed by atoms with Gasteiger partial charge in [0.05, 0.1) is 10.7 Å². The second-order valence-corrected chi connectivity index (χ2v) is 5.13. The van der Waals surface area contributed by atoms with Gasteiger partial charge in [-0.15, -0.1) is 0 Å². The minimum absolute atomic E-state index is 0.680. The smallest absolute Gasteiger partial charge is 0.161 e.